The van der Waals surface area contributed by atoms with Gasteiger partial charge in [0.15, 0.2) is 17.1 Å². The average Bonchev–Trinajstić information content (AvgIpc) is 3.18. The molecule has 1 amide bonds. The number of rotatable bonds is 8. The van der Waals surface area contributed by atoms with Crippen molar-refractivity contribution in [2.45, 2.75) is 26.2 Å². The zero-order chi connectivity index (χ0) is 19.9. The number of furan rings is 1. The number of piperidine rings is 1. The summed E-state index contributed by atoms with van der Waals surface area (Å²) in [6, 6.07) is 1.75. The predicted molar refractivity (Wildman–Crippen MR) is 106 cm³/mol. The lowest BCUT2D eigenvalue weighted by molar-refractivity contribution is 0.167. The van der Waals surface area contributed by atoms with Crippen LogP contribution in [0.4, 0.5) is 10.5 Å². The number of benzene rings is 1. The number of fused-ring (bicyclic) bond motifs is 1. The van der Waals surface area contributed by atoms with Crippen LogP contribution in [0.5, 0.6) is 17.2 Å². The van der Waals surface area contributed by atoms with Crippen molar-refractivity contribution in [3.05, 3.63) is 12.3 Å². The molecule has 2 heterocycles. The molecule has 1 saturated heterocycles. The van der Waals surface area contributed by atoms with Gasteiger partial charge in [0.1, 0.15) is 12.3 Å². The molecule has 1 aliphatic rings. The molecule has 8 heteroatoms. The number of carbonyl (C=O) groups is 1. The third-order valence-electron chi connectivity index (χ3n) is 4.79. The van der Waals surface area contributed by atoms with Crippen molar-refractivity contribution >= 4 is 22.7 Å². The largest absolute Gasteiger partial charge is 0.494 e. The van der Waals surface area contributed by atoms with Crippen molar-refractivity contribution in [3.63, 3.8) is 0 Å². The molecule has 28 heavy (non-hydrogen) atoms. The number of carbonyl (C=O) groups excluding carboxylic acids is 1. The topological polar surface area (TPSA) is 82.4 Å². The molecule has 1 aromatic carbocycles. The highest BCUT2D eigenvalue weighted by Crippen LogP contribution is 2.50. The first kappa shape index (κ1) is 20.1. The van der Waals surface area contributed by atoms with Crippen LogP contribution in [0.15, 0.2) is 16.7 Å². The number of amides is 1. The van der Waals surface area contributed by atoms with Gasteiger partial charge in [-0.1, -0.05) is 6.42 Å². The van der Waals surface area contributed by atoms with Crippen LogP contribution in [0.2, 0.25) is 0 Å². The average molecular weight is 392 g/mol. The summed E-state index contributed by atoms with van der Waals surface area (Å²) in [5.74, 6) is 1.21. The monoisotopic (exact) mass is 392 g/mol. The maximum Gasteiger partial charge on any atom is 0.411 e. The van der Waals surface area contributed by atoms with E-state index >= 15 is 0 Å². The number of hydrogen-bond acceptors (Lipinski definition) is 7. The molecule has 0 unspecified atom stereocenters. The van der Waals surface area contributed by atoms with Crippen LogP contribution in [0.1, 0.15) is 26.2 Å². The molecule has 0 atom stereocenters. The lowest BCUT2D eigenvalue weighted by atomic mass is 10.1. The van der Waals surface area contributed by atoms with Crippen LogP contribution < -0.4 is 19.5 Å². The Balaban J connectivity index is 1.92. The zero-order valence-electron chi connectivity index (χ0n) is 16.7. The van der Waals surface area contributed by atoms with Gasteiger partial charge in [0.05, 0.1) is 32.5 Å². The van der Waals surface area contributed by atoms with Crippen molar-refractivity contribution in [2.24, 2.45) is 0 Å². The number of nitrogens with zero attached hydrogens (tertiary/aromatic N) is 1. The summed E-state index contributed by atoms with van der Waals surface area (Å²) in [7, 11) is 3.07. The van der Waals surface area contributed by atoms with Crippen LogP contribution >= 0.6 is 0 Å². The molecule has 0 radical (unpaired) electrons. The van der Waals surface area contributed by atoms with Crippen LogP contribution in [0, 0.1) is 0 Å². The van der Waals surface area contributed by atoms with E-state index in [1.54, 1.807) is 19.3 Å². The molecule has 0 aliphatic carbocycles. The number of methoxy groups -OCH3 is 2. The van der Waals surface area contributed by atoms with Gasteiger partial charge in [-0.25, -0.2) is 4.79 Å². The van der Waals surface area contributed by atoms with Gasteiger partial charge in [-0.2, -0.15) is 0 Å². The lowest BCUT2D eigenvalue weighted by Gasteiger charge is -2.26. The summed E-state index contributed by atoms with van der Waals surface area (Å²) in [5.41, 5.74) is 0.868. The van der Waals surface area contributed by atoms with E-state index in [1.165, 1.54) is 33.5 Å². The summed E-state index contributed by atoms with van der Waals surface area (Å²) >= 11 is 0. The van der Waals surface area contributed by atoms with Gasteiger partial charge in [0, 0.05) is 6.54 Å². The number of ether oxygens (including phenoxy) is 4. The van der Waals surface area contributed by atoms with Gasteiger partial charge < -0.3 is 23.4 Å². The summed E-state index contributed by atoms with van der Waals surface area (Å²) in [6.45, 7) is 5.39. The van der Waals surface area contributed by atoms with Crippen molar-refractivity contribution in [1.29, 1.82) is 0 Å². The number of hydrogen-bond donors (Lipinski definition) is 1. The fourth-order valence-electron chi connectivity index (χ4n) is 3.50. The Labute approximate surface area is 164 Å². The SMILES string of the molecule is CCOC(=O)Nc1c(OCCN2CCCCC2)c(OC)c2occc2c1OC. The van der Waals surface area contributed by atoms with Crippen molar-refractivity contribution in [2.75, 3.05) is 52.4 Å². The van der Waals surface area contributed by atoms with E-state index in [0.717, 1.165) is 19.6 Å². The van der Waals surface area contributed by atoms with E-state index in [4.69, 9.17) is 23.4 Å². The summed E-state index contributed by atoms with van der Waals surface area (Å²) in [5, 5.41) is 3.41. The molecular weight excluding hydrogens is 364 g/mol. The fraction of sp³-hybridized carbons (Fsp3) is 0.550. The van der Waals surface area contributed by atoms with Crippen molar-refractivity contribution in [1.82, 2.24) is 4.90 Å². The summed E-state index contributed by atoms with van der Waals surface area (Å²) in [6.07, 6.45) is 4.66. The Hall–Kier alpha value is -2.61. The molecular formula is C20H28N2O6. The Morgan fingerprint density at radius 1 is 1.14 bits per heavy atom. The predicted octanol–water partition coefficient (Wildman–Crippen LogP) is 3.88. The second-order valence-corrected chi connectivity index (χ2v) is 6.53. The highest BCUT2D eigenvalue weighted by molar-refractivity contribution is 6.02. The van der Waals surface area contributed by atoms with Gasteiger partial charge in [-0.05, 0) is 38.9 Å². The van der Waals surface area contributed by atoms with Crippen molar-refractivity contribution < 1.29 is 28.2 Å². The maximum absolute atomic E-state index is 12.1. The fourth-order valence-corrected chi connectivity index (χ4v) is 3.50. The molecule has 1 N–H and O–H groups in total. The molecule has 3 rings (SSSR count). The number of nitrogens with one attached hydrogen (secondary N) is 1. The standard InChI is InChI=1S/C20H28N2O6/c1-4-26-20(23)21-15-16(24-2)14-8-12-27-17(14)19(25-3)18(15)28-13-11-22-9-6-5-7-10-22/h8,12H,4-7,9-11,13H2,1-3H3,(H,21,23). The molecule has 154 valence electrons. The van der Waals surface area contributed by atoms with Gasteiger partial charge in [-0.15, -0.1) is 0 Å². The third kappa shape index (κ3) is 4.27. The second kappa shape index (κ2) is 9.54. The highest BCUT2D eigenvalue weighted by Gasteiger charge is 2.26. The Morgan fingerprint density at radius 2 is 1.89 bits per heavy atom. The van der Waals surface area contributed by atoms with E-state index in [9.17, 15) is 4.79 Å². The molecule has 1 aliphatic heterocycles. The van der Waals surface area contributed by atoms with E-state index in [0.29, 0.717) is 40.5 Å². The van der Waals surface area contributed by atoms with Crippen LogP contribution in [0.25, 0.3) is 11.0 Å². The first-order valence-corrected chi connectivity index (χ1v) is 9.63. The van der Waals surface area contributed by atoms with Crippen LogP contribution in [-0.4, -0.2) is 58.1 Å². The minimum Gasteiger partial charge on any atom is -0.494 e. The minimum atomic E-state index is -0.591. The third-order valence-corrected chi connectivity index (χ3v) is 4.79. The van der Waals surface area contributed by atoms with Crippen LogP contribution in [-0.2, 0) is 4.74 Å². The highest BCUT2D eigenvalue weighted by atomic mass is 16.6. The Kier molecular flexibility index (Phi) is 6.86. The summed E-state index contributed by atoms with van der Waals surface area (Å²) < 4.78 is 27.8. The molecule has 8 nitrogen and oxygen atoms in total. The van der Waals surface area contributed by atoms with E-state index in [-0.39, 0.29) is 6.61 Å². The molecule has 2 aromatic rings. The van der Waals surface area contributed by atoms with E-state index < -0.39 is 6.09 Å². The number of anilines is 1. The maximum atomic E-state index is 12.1. The molecule has 1 aromatic heterocycles. The van der Waals surface area contributed by atoms with Gasteiger partial charge >= 0.3 is 6.09 Å². The van der Waals surface area contributed by atoms with Gasteiger partial charge in [-0.3, -0.25) is 10.2 Å². The van der Waals surface area contributed by atoms with E-state index in [1.807, 2.05) is 0 Å². The molecule has 0 saturated carbocycles. The zero-order valence-corrected chi connectivity index (χ0v) is 16.7. The first-order chi connectivity index (χ1) is 13.7. The Bertz CT molecular complexity index is 798. The Morgan fingerprint density at radius 3 is 2.57 bits per heavy atom. The van der Waals surface area contributed by atoms with Gasteiger partial charge in [0.25, 0.3) is 0 Å². The summed E-state index contributed by atoms with van der Waals surface area (Å²) in [4.78, 5) is 14.5. The normalized spacial score (nSPS) is 14.7. The van der Waals surface area contributed by atoms with Crippen LogP contribution in [0.3, 0.4) is 0 Å². The molecule has 1 fully saturated rings. The van der Waals surface area contributed by atoms with Gasteiger partial charge in [0.2, 0.25) is 5.75 Å². The quantitative estimate of drug-likeness (QED) is 0.730. The molecule has 0 spiro atoms. The van der Waals surface area contributed by atoms with E-state index in [2.05, 4.69) is 10.2 Å². The second-order valence-electron chi connectivity index (χ2n) is 6.53. The first-order valence-electron chi connectivity index (χ1n) is 9.63. The minimum absolute atomic E-state index is 0.254. The number of likely N-dealkylation sites (tertiary alicyclic amines) is 1. The lowest BCUT2D eigenvalue weighted by Crippen LogP contribution is -2.33. The smallest absolute Gasteiger partial charge is 0.411 e. The van der Waals surface area contributed by atoms with Crippen molar-refractivity contribution in [3.8, 4) is 17.2 Å². The molecule has 0 bridgehead atoms.